The number of ketones is 1. The molecule has 0 saturated heterocycles. The van der Waals surface area contributed by atoms with E-state index in [0.717, 1.165) is 11.3 Å². The van der Waals surface area contributed by atoms with Gasteiger partial charge in [0.1, 0.15) is 11.6 Å². The number of aromatic hydroxyl groups is 1. The van der Waals surface area contributed by atoms with Crippen LogP contribution in [0.15, 0.2) is 72.9 Å². The van der Waals surface area contributed by atoms with Gasteiger partial charge in [0, 0.05) is 28.7 Å². The Morgan fingerprint density at radius 3 is 2.48 bits per heavy atom. The van der Waals surface area contributed by atoms with Crippen molar-refractivity contribution < 1.29 is 9.90 Å². The summed E-state index contributed by atoms with van der Waals surface area (Å²) < 4.78 is 0. The number of nitrogens with zero attached hydrogens (tertiary/aromatic N) is 1. The maximum Gasteiger partial charge on any atom is 0.185 e. The molecule has 4 N–H and O–H groups in total. The lowest BCUT2D eigenvalue weighted by molar-refractivity contribution is 0.104. The van der Waals surface area contributed by atoms with Crippen molar-refractivity contribution in [2.24, 2.45) is 0 Å². The van der Waals surface area contributed by atoms with Gasteiger partial charge >= 0.3 is 0 Å². The van der Waals surface area contributed by atoms with Crippen molar-refractivity contribution >= 4 is 29.1 Å². The number of phenols is 1. The van der Waals surface area contributed by atoms with Crippen molar-refractivity contribution in [3.8, 4) is 5.75 Å². The molecule has 0 atom stereocenters. The zero-order valence-electron chi connectivity index (χ0n) is 13.4. The van der Waals surface area contributed by atoms with E-state index in [-0.39, 0.29) is 11.5 Å². The van der Waals surface area contributed by atoms with Crippen molar-refractivity contribution in [3.63, 3.8) is 0 Å². The first-order valence-electron chi connectivity index (χ1n) is 7.71. The number of hydrogen-bond acceptors (Lipinski definition) is 5. The van der Waals surface area contributed by atoms with Crippen LogP contribution in [0.3, 0.4) is 0 Å². The molecule has 0 saturated carbocycles. The molecule has 25 heavy (non-hydrogen) atoms. The minimum atomic E-state index is -0.112. The Labute approximate surface area is 145 Å². The molecule has 0 amide bonds. The summed E-state index contributed by atoms with van der Waals surface area (Å²) in [5.74, 6) is 0.703. The molecule has 5 nitrogen and oxygen atoms in total. The second kappa shape index (κ2) is 7.31. The zero-order valence-corrected chi connectivity index (χ0v) is 13.4. The Hall–Kier alpha value is -3.60. The molecule has 0 aliphatic rings. The number of nitrogens with two attached hydrogens (primary N) is 1. The number of aromatic nitrogens is 1. The van der Waals surface area contributed by atoms with Gasteiger partial charge in [-0.2, -0.15) is 0 Å². The first-order chi connectivity index (χ1) is 12.1. The summed E-state index contributed by atoms with van der Waals surface area (Å²) in [5.41, 5.74) is 8.39. The third kappa shape index (κ3) is 4.23. The maximum absolute atomic E-state index is 12.2. The monoisotopic (exact) mass is 331 g/mol. The SMILES string of the molecule is Nc1ccc(C(=O)/C=C/c2cccnc2Nc2ccc(O)cc2)cc1. The van der Waals surface area contributed by atoms with Crippen LogP contribution in [0.4, 0.5) is 17.2 Å². The number of allylic oxidation sites excluding steroid dienone is 1. The molecule has 0 aliphatic carbocycles. The van der Waals surface area contributed by atoms with E-state index in [9.17, 15) is 9.90 Å². The fraction of sp³-hybridized carbons (Fsp3) is 0. The van der Waals surface area contributed by atoms with E-state index < -0.39 is 0 Å². The lowest BCUT2D eigenvalue weighted by atomic mass is 10.1. The second-order valence-corrected chi connectivity index (χ2v) is 5.43. The van der Waals surface area contributed by atoms with E-state index in [2.05, 4.69) is 10.3 Å². The molecule has 0 bridgehead atoms. The fourth-order valence-electron chi connectivity index (χ4n) is 2.25. The van der Waals surface area contributed by atoms with Gasteiger partial charge < -0.3 is 16.2 Å². The summed E-state index contributed by atoms with van der Waals surface area (Å²) in [5, 5.41) is 12.5. The van der Waals surface area contributed by atoms with Gasteiger partial charge in [-0.1, -0.05) is 0 Å². The lowest BCUT2D eigenvalue weighted by Crippen LogP contribution is -1.97. The summed E-state index contributed by atoms with van der Waals surface area (Å²) in [4.78, 5) is 16.5. The van der Waals surface area contributed by atoms with E-state index in [4.69, 9.17) is 5.73 Å². The van der Waals surface area contributed by atoms with Crippen molar-refractivity contribution in [1.82, 2.24) is 4.98 Å². The van der Waals surface area contributed by atoms with E-state index in [1.165, 1.54) is 6.08 Å². The molecule has 0 aliphatic heterocycles. The number of benzene rings is 2. The Balaban J connectivity index is 1.79. The molecule has 1 aromatic heterocycles. The molecule has 0 spiro atoms. The second-order valence-electron chi connectivity index (χ2n) is 5.43. The van der Waals surface area contributed by atoms with Crippen LogP contribution in [-0.2, 0) is 0 Å². The van der Waals surface area contributed by atoms with Gasteiger partial charge in [0.15, 0.2) is 5.78 Å². The van der Waals surface area contributed by atoms with Crippen LogP contribution >= 0.6 is 0 Å². The van der Waals surface area contributed by atoms with Crippen molar-refractivity contribution in [3.05, 3.63) is 84.1 Å². The number of carbonyl (C=O) groups is 1. The van der Waals surface area contributed by atoms with Gasteiger partial charge in [0.05, 0.1) is 0 Å². The predicted molar refractivity (Wildman–Crippen MR) is 99.8 cm³/mol. The van der Waals surface area contributed by atoms with Crippen LogP contribution in [0, 0.1) is 0 Å². The minimum absolute atomic E-state index is 0.112. The molecule has 2 aromatic carbocycles. The maximum atomic E-state index is 12.2. The molecule has 0 unspecified atom stereocenters. The van der Waals surface area contributed by atoms with Crippen molar-refractivity contribution in [2.45, 2.75) is 0 Å². The molecule has 5 heteroatoms. The molecular weight excluding hydrogens is 314 g/mol. The van der Waals surface area contributed by atoms with Crippen LogP contribution in [0.25, 0.3) is 6.08 Å². The predicted octanol–water partition coefficient (Wildman–Crippen LogP) is 4.01. The minimum Gasteiger partial charge on any atom is -0.508 e. The summed E-state index contributed by atoms with van der Waals surface area (Å²) in [6.45, 7) is 0. The third-order valence-corrected chi connectivity index (χ3v) is 3.58. The highest BCUT2D eigenvalue weighted by molar-refractivity contribution is 6.07. The van der Waals surface area contributed by atoms with E-state index in [1.54, 1.807) is 66.9 Å². The average molecular weight is 331 g/mol. The van der Waals surface area contributed by atoms with Crippen LogP contribution in [-0.4, -0.2) is 15.9 Å². The van der Waals surface area contributed by atoms with Gasteiger partial charge in [-0.15, -0.1) is 0 Å². The zero-order chi connectivity index (χ0) is 17.6. The summed E-state index contributed by atoms with van der Waals surface area (Å²) in [6, 6.07) is 17.1. The van der Waals surface area contributed by atoms with E-state index in [1.807, 2.05) is 6.07 Å². The normalized spacial score (nSPS) is 10.7. The Morgan fingerprint density at radius 1 is 1.04 bits per heavy atom. The van der Waals surface area contributed by atoms with Crippen LogP contribution in [0.5, 0.6) is 5.75 Å². The van der Waals surface area contributed by atoms with Crippen molar-refractivity contribution in [1.29, 1.82) is 0 Å². The molecule has 3 rings (SSSR count). The Bertz CT molecular complexity index is 901. The van der Waals surface area contributed by atoms with E-state index in [0.29, 0.717) is 17.1 Å². The first kappa shape index (κ1) is 16.3. The number of hydrogen-bond donors (Lipinski definition) is 3. The first-order valence-corrected chi connectivity index (χ1v) is 7.71. The summed E-state index contributed by atoms with van der Waals surface area (Å²) in [6.07, 6.45) is 4.89. The highest BCUT2D eigenvalue weighted by atomic mass is 16.3. The number of rotatable bonds is 5. The number of phenolic OH excluding ortho intramolecular Hbond substituents is 1. The number of anilines is 3. The van der Waals surface area contributed by atoms with Gasteiger partial charge in [-0.3, -0.25) is 4.79 Å². The fourth-order valence-corrected chi connectivity index (χ4v) is 2.25. The highest BCUT2D eigenvalue weighted by Crippen LogP contribution is 2.21. The molecule has 3 aromatic rings. The lowest BCUT2D eigenvalue weighted by Gasteiger charge is -2.08. The number of carbonyl (C=O) groups excluding carboxylic acids is 1. The number of nitrogens with one attached hydrogen (secondary N) is 1. The topological polar surface area (TPSA) is 88.2 Å². The highest BCUT2D eigenvalue weighted by Gasteiger charge is 2.04. The third-order valence-electron chi connectivity index (χ3n) is 3.58. The van der Waals surface area contributed by atoms with E-state index >= 15 is 0 Å². The van der Waals surface area contributed by atoms with Gasteiger partial charge in [0.2, 0.25) is 0 Å². The molecule has 124 valence electrons. The molecular formula is C20H17N3O2. The Kier molecular flexibility index (Phi) is 4.76. The summed E-state index contributed by atoms with van der Waals surface area (Å²) in [7, 11) is 0. The van der Waals surface area contributed by atoms with Crippen molar-refractivity contribution in [2.75, 3.05) is 11.1 Å². The number of pyridine rings is 1. The largest absolute Gasteiger partial charge is 0.508 e. The molecule has 1 heterocycles. The van der Waals surface area contributed by atoms with Crippen LogP contribution < -0.4 is 11.1 Å². The van der Waals surface area contributed by atoms with Crippen LogP contribution in [0.2, 0.25) is 0 Å². The molecule has 0 fully saturated rings. The Morgan fingerprint density at radius 2 is 1.76 bits per heavy atom. The smallest absolute Gasteiger partial charge is 0.185 e. The van der Waals surface area contributed by atoms with Crippen LogP contribution in [0.1, 0.15) is 15.9 Å². The van der Waals surface area contributed by atoms with Gasteiger partial charge in [-0.25, -0.2) is 4.98 Å². The number of nitrogen functional groups attached to an aromatic ring is 1. The molecule has 0 radical (unpaired) electrons. The standard InChI is InChI=1S/C20H17N3O2/c21-16-6-3-14(4-7-16)19(25)12-5-15-2-1-13-22-20(15)23-17-8-10-18(24)11-9-17/h1-13,24H,21H2,(H,22,23)/b12-5+. The van der Waals surface area contributed by atoms with Gasteiger partial charge in [0.25, 0.3) is 0 Å². The average Bonchev–Trinajstić information content (AvgIpc) is 2.63. The van der Waals surface area contributed by atoms with Gasteiger partial charge in [-0.05, 0) is 72.8 Å². The quantitative estimate of drug-likeness (QED) is 0.284. The summed E-state index contributed by atoms with van der Waals surface area (Å²) >= 11 is 0.